The minimum Gasteiger partial charge on any atom is -0.507 e. The Labute approximate surface area is 155 Å². The number of carbonyl (C=O) groups is 2. The van der Waals surface area contributed by atoms with Gasteiger partial charge in [-0.3, -0.25) is 9.59 Å². The van der Waals surface area contributed by atoms with E-state index < -0.39 is 0 Å². The number of nitrogens with zero attached hydrogens (tertiary/aromatic N) is 1. The first-order valence-electron chi connectivity index (χ1n) is 8.83. The first-order valence-corrected chi connectivity index (χ1v) is 8.83. The SMILES string of the molecule is O=C(NCC1CC(NC(=O)c2onc3ccccc23)C1)c1ccccc1O. The van der Waals surface area contributed by atoms with Crippen LogP contribution in [0.4, 0.5) is 0 Å². The van der Waals surface area contributed by atoms with Crippen molar-refractivity contribution in [2.75, 3.05) is 6.54 Å². The maximum atomic E-state index is 12.4. The van der Waals surface area contributed by atoms with Crippen LogP contribution in [0.5, 0.6) is 5.75 Å². The third-order valence-electron chi connectivity index (χ3n) is 4.86. The van der Waals surface area contributed by atoms with Gasteiger partial charge < -0.3 is 20.3 Å². The minimum atomic E-state index is -0.297. The molecule has 0 radical (unpaired) electrons. The second-order valence-corrected chi connectivity index (χ2v) is 6.76. The summed E-state index contributed by atoms with van der Waals surface area (Å²) in [6.45, 7) is 0.505. The number of hydrogen-bond acceptors (Lipinski definition) is 5. The fourth-order valence-electron chi connectivity index (χ4n) is 3.32. The van der Waals surface area contributed by atoms with Crippen LogP contribution in [0.2, 0.25) is 0 Å². The first kappa shape index (κ1) is 17.1. The van der Waals surface area contributed by atoms with Gasteiger partial charge in [0, 0.05) is 12.6 Å². The average molecular weight is 365 g/mol. The Kier molecular flexibility index (Phi) is 4.50. The monoisotopic (exact) mass is 365 g/mol. The summed E-state index contributed by atoms with van der Waals surface area (Å²) in [6, 6.07) is 13.8. The van der Waals surface area contributed by atoms with Crippen LogP contribution in [0.3, 0.4) is 0 Å². The van der Waals surface area contributed by atoms with Crippen LogP contribution in [0.15, 0.2) is 53.1 Å². The van der Waals surface area contributed by atoms with Crippen molar-refractivity contribution in [1.29, 1.82) is 0 Å². The number of rotatable bonds is 5. The average Bonchev–Trinajstić information content (AvgIpc) is 3.07. The van der Waals surface area contributed by atoms with Crippen LogP contribution in [0, 0.1) is 5.92 Å². The largest absolute Gasteiger partial charge is 0.507 e. The van der Waals surface area contributed by atoms with Crippen molar-refractivity contribution in [1.82, 2.24) is 15.8 Å². The topological polar surface area (TPSA) is 104 Å². The number of benzene rings is 2. The number of para-hydroxylation sites is 1. The van der Waals surface area contributed by atoms with E-state index in [4.69, 9.17) is 4.52 Å². The highest BCUT2D eigenvalue weighted by atomic mass is 16.5. The van der Waals surface area contributed by atoms with E-state index in [0.717, 1.165) is 12.8 Å². The molecular weight excluding hydrogens is 346 g/mol. The van der Waals surface area contributed by atoms with Gasteiger partial charge in [-0.1, -0.05) is 29.4 Å². The van der Waals surface area contributed by atoms with E-state index in [2.05, 4.69) is 15.8 Å². The second kappa shape index (κ2) is 7.11. The molecule has 1 saturated carbocycles. The molecule has 3 N–H and O–H groups in total. The Morgan fingerprint density at radius 2 is 1.81 bits per heavy atom. The molecule has 0 spiro atoms. The van der Waals surface area contributed by atoms with Gasteiger partial charge >= 0.3 is 0 Å². The van der Waals surface area contributed by atoms with Crippen molar-refractivity contribution in [3.63, 3.8) is 0 Å². The van der Waals surface area contributed by atoms with Crippen molar-refractivity contribution in [2.45, 2.75) is 18.9 Å². The van der Waals surface area contributed by atoms with E-state index in [-0.39, 0.29) is 40.8 Å². The molecule has 2 aromatic carbocycles. The Morgan fingerprint density at radius 1 is 1.07 bits per heavy atom. The predicted molar refractivity (Wildman–Crippen MR) is 98.4 cm³/mol. The Hall–Kier alpha value is -3.35. The van der Waals surface area contributed by atoms with Gasteiger partial charge in [-0.2, -0.15) is 0 Å². The van der Waals surface area contributed by atoms with Crippen LogP contribution >= 0.6 is 0 Å². The highest BCUT2D eigenvalue weighted by Crippen LogP contribution is 2.28. The van der Waals surface area contributed by atoms with Gasteiger partial charge in [0.25, 0.3) is 11.8 Å². The Morgan fingerprint density at radius 3 is 2.63 bits per heavy atom. The fraction of sp³-hybridized carbons (Fsp3) is 0.250. The maximum absolute atomic E-state index is 12.4. The zero-order valence-electron chi connectivity index (χ0n) is 14.5. The van der Waals surface area contributed by atoms with E-state index in [1.807, 2.05) is 12.1 Å². The molecule has 0 bridgehead atoms. The molecule has 0 unspecified atom stereocenters. The highest BCUT2D eigenvalue weighted by molar-refractivity contribution is 6.03. The van der Waals surface area contributed by atoms with Gasteiger partial charge in [-0.25, -0.2) is 0 Å². The van der Waals surface area contributed by atoms with Crippen molar-refractivity contribution >= 4 is 22.7 Å². The highest BCUT2D eigenvalue weighted by Gasteiger charge is 2.32. The number of aromatic nitrogens is 1. The fourth-order valence-corrected chi connectivity index (χ4v) is 3.32. The van der Waals surface area contributed by atoms with Crippen molar-refractivity contribution in [3.8, 4) is 5.75 Å². The molecule has 27 heavy (non-hydrogen) atoms. The van der Waals surface area contributed by atoms with E-state index >= 15 is 0 Å². The third kappa shape index (κ3) is 3.48. The predicted octanol–water partition coefficient (Wildman–Crippen LogP) is 2.47. The molecule has 0 aliphatic heterocycles. The zero-order chi connectivity index (χ0) is 18.8. The van der Waals surface area contributed by atoms with Gasteiger partial charge in [0.2, 0.25) is 5.76 Å². The zero-order valence-corrected chi connectivity index (χ0v) is 14.5. The van der Waals surface area contributed by atoms with Crippen molar-refractivity contribution < 1.29 is 19.2 Å². The summed E-state index contributed by atoms with van der Waals surface area (Å²) in [6.07, 6.45) is 1.55. The van der Waals surface area contributed by atoms with E-state index in [1.54, 1.807) is 30.3 Å². The first-order chi connectivity index (χ1) is 13.1. The quantitative estimate of drug-likeness (QED) is 0.644. The van der Waals surface area contributed by atoms with E-state index in [9.17, 15) is 14.7 Å². The normalized spacial score (nSPS) is 18.7. The Bertz CT molecular complexity index is 992. The van der Waals surface area contributed by atoms with E-state index in [0.29, 0.717) is 17.4 Å². The van der Waals surface area contributed by atoms with E-state index in [1.165, 1.54) is 6.07 Å². The lowest BCUT2D eigenvalue weighted by Crippen LogP contribution is -2.47. The summed E-state index contributed by atoms with van der Waals surface area (Å²) < 4.78 is 5.17. The number of nitrogens with one attached hydrogen (secondary N) is 2. The van der Waals surface area contributed by atoms with Crippen molar-refractivity contribution in [2.24, 2.45) is 5.92 Å². The molecule has 7 nitrogen and oxygen atoms in total. The number of amides is 2. The standard InChI is InChI=1S/C20H19N3O4/c24-17-8-4-2-6-15(17)19(25)21-11-12-9-13(10-12)22-20(26)18-14-5-1-3-7-16(14)23-27-18/h1-8,12-13,24H,9-11H2,(H,21,25)(H,22,26). The molecule has 7 heteroatoms. The second-order valence-electron chi connectivity index (χ2n) is 6.76. The lowest BCUT2D eigenvalue weighted by atomic mass is 9.80. The number of hydrogen-bond donors (Lipinski definition) is 3. The summed E-state index contributed by atoms with van der Waals surface area (Å²) in [5.41, 5.74) is 0.917. The molecule has 0 saturated heterocycles. The van der Waals surface area contributed by atoms with Gasteiger partial charge in [-0.15, -0.1) is 0 Å². The van der Waals surface area contributed by atoms with Crippen LogP contribution in [-0.4, -0.2) is 34.7 Å². The van der Waals surface area contributed by atoms with Crippen LogP contribution in [-0.2, 0) is 0 Å². The summed E-state index contributed by atoms with van der Waals surface area (Å²) in [4.78, 5) is 24.5. The molecule has 1 fully saturated rings. The van der Waals surface area contributed by atoms with Crippen molar-refractivity contribution in [3.05, 3.63) is 59.9 Å². The molecule has 138 valence electrons. The number of carbonyl (C=O) groups excluding carboxylic acids is 2. The number of phenolic OH excluding ortho intramolecular Hbond substituents is 1. The molecule has 4 rings (SSSR count). The third-order valence-corrected chi connectivity index (χ3v) is 4.86. The maximum Gasteiger partial charge on any atom is 0.290 e. The lowest BCUT2D eigenvalue weighted by molar-refractivity contribution is 0.0836. The molecule has 2 amide bonds. The molecule has 0 atom stereocenters. The van der Waals surface area contributed by atoms with Gasteiger partial charge in [0.05, 0.1) is 10.9 Å². The smallest absolute Gasteiger partial charge is 0.290 e. The molecule has 1 heterocycles. The molecule has 1 aromatic heterocycles. The number of aromatic hydroxyl groups is 1. The molecule has 1 aliphatic carbocycles. The van der Waals surface area contributed by atoms with Gasteiger partial charge in [-0.05, 0) is 43.0 Å². The minimum absolute atomic E-state index is 0.0342. The number of fused-ring (bicyclic) bond motifs is 1. The van der Waals surface area contributed by atoms with Gasteiger partial charge in [0.1, 0.15) is 11.3 Å². The number of phenols is 1. The van der Waals surface area contributed by atoms with Gasteiger partial charge in [0.15, 0.2) is 0 Å². The van der Waals surface area contributed by atoms with Crippen LogP contribution in [0.1, 0.15) is 33.8 Å². The van der Waals surface area contributed by atoms with Crippen LogP contribution < -0.4 is 10.6 Å². The molecule has 1 aliphatic rings. The summed E-state index contributed by atoms with van der Waals surface area (Å²) in [5.74, 6) is -0.0920. The summed E-state index contributed by atoms with van der Waals surface area (Å²) in [5, 5.41) is 20.1. The molecular formula is C20H19N3O4. The Balaban J connectivity index is 1.26. The lowest BCUT2D eigenvalue weighted by Gasteiger charge is -2.35. The summed E-state index contributed by atoms with van der Waals surface area (Å²) in [7, 11) is 0. The molecule has 3 aromatic rings. The van der Waals surface area contributed by atoms with Crippen LogP contribution in [0.25, 0.3) is 10.9 Å². The summed E-state index contributed by atoms with van der Waals surface area (Å²) >= 11 is 0.